The van der Waals surface area contributed by atoms with Crippen LogP contribution in [0.1, 0.15) is 40.4 Å². The van der Waals surface area contributed by atoms with Crippen molar-refractivity contribution in [1.29, 1.82) is 5.26 Å². The number of carbonyl (C=O) groups is 2. The van der Waals surface area contributed by atoms with Crippen LogP contribution in [-0.2, 0) is 11.3 Å². The number of carbonyl (C=O) groups excluding carboxylic acids is 1. The summed E-state index contributed by atoms with van der Waals surface area (Å²) in [4.78, 5) is 26.5. The molecule has 1 N–H and O–H groups in total. The van der Waals surface area contributed by atoms with Crippen LogP contribution >= 0.6 is 0 Å². The van der Waals surface area contributed by atoms with E-state index in [4.69, 9.17) is 5.11 Å². The molecular weight excluding hydrogens is 282 g/mol. The van der Waals surface area contributed by atoms with Gasteiger partial charge in [0.05, 0.1) is 6.07 Å². The third-order valence-electron chi connectivity index (χ3n) is 3.62. The van der Waals surface area contributed by atoms with Crippen molar-refractivity contribution >= 4 is 11.9 Å². The molecule has 1 heterocycles. The van der Waals surface area contributed by atoms with Gasteiger partial charge in [0.1, 0.15) is 6.04 Å². The molecule has 0 bridgehead atoms. The lowest BCUT2D eigenvalue weighted by Crippen LogP contribution is -2.28. The number of benzene rings is 1. The molecule has 1 atom stereocenters. The molecule has 0 saturated heterocycles. The highest BCUT2D eigenvalue weighted by Gasteiger charge is 2.36. The molecule has 1 aliphatic rings. The van der Waals surface area contributed by atoms with Crippen LogP contribution in [0.4, 0.5) is 0 Å². The zero-order valence-corrected chi connectivity index (χ0v) is 12.7. The highest BCUT2D eigenvalue weighted by molar-refractivity contribution is 5.99. The zero-order chi connectivity index (χ0) is 16.3. The number of nitriles is 1. The van der Waals surface area contributed by atoms with Crippen LogP contribution in [0, 0.1) is 11.3 Å². The molecule has 1 unspecified atom stereocenters. The molecule has 0 radical (unpaired) electrons. The zero-order valence-electron chi connectivity index (χ0n) is 12.7. The third-order valence-corrected chi connectivity index (χ3v) is 3.62. The van der Waals surface area contributed by atoms with Gasteiger partial charge in [0.15, 0.2) is 0 Å². The lowest BCUT2D eigenvalue weighted by atomic mass is 10.0. The molecule has 1 aromatic carbocycles. The molecule has 116 valence electrons. The van der Waals surface area contributed by atoms with Crippen LogP contribution in [0.5, 0.6) is 0 Å². The van der Waals surface area contributed by atoms with E-state index in [0.29, 0.717) is 12.0 Å². The van der Waals surface area contributed by atoms with Gasteiger partial charge in [0, 0.05) is 30.6 Å². The predicted molar refractivity (Wildman–Crippen MR) is 80.1 cm³/mol. The van der Waals surface area contributed by atoms with Crippen molar-refractivity contribution in [1.82, 2.24) is 9.80 Å². The fraction of sp³-hybridized carbons (Fsp3) is 0.438. The largest absolute Gasteiger partial charge is 0.481 e. The Morgan fingerprint density at radius 2 is 2.18 bits per heavy atom. The first-order valence-corrected chi connectivity index (χ1v) is 7.14. The topological polar surface area (TPSA) is 84.6 Å². The average Bonchev–Trinajstić information content (AvgIpc) is 2.70. The minimum absolute atomic E-state index is 0.00977. The number of carboxylic acids is 1. The van der Waals surface area contributed by atoms with Crippen molar-refractivity contribution in [3.8, 4) is 6.07 Å². The van der Waals surface area contributed by atoms with E-state index in [1.54, 1.807) is 6.07 Å². The maximum atomic E-state index is 12.4. The predicted octanol–water partition coefficient (Wildman–Crippen LogP) is 1.63. The van der Waals surface area contributed by atoms with Gasteiger partial charge in [0.25, 0.3) is 5.91 Å². The van der Waals surface area contributed by atoms with Crippen molar-refractivity contribution in [2.75, 3.05) is 20.6 Å². The van der Waals surface area contributed by atoms with Gasteiger partial charge in [-0.15, -0.1) is 0 Å². The van der Waals surface area contributed by atoms with E-state index in [9.17, 15) is 14.9 Å². The summed E-state index contributed by atoms with van der Waals surface area (Å²) in [6, 6.07) is 7.09. The normalized spacial score (nSPS) is 16.7. The van der Waals surface area contributed by atoms with Gasteiger partial charge in [-0.3, -0.25) is 9.59 Å². The lowest BCUT2D eigenvalue weighted by molar-refractivity contribution is -0.137. The average molecular weight is 301 g/mol. The fourth-order valence-electron chi connectivity index (χ4n) is 2.71. The number of rotatable bonds is 6. The summed E-state index contributed by atoms with van der Waals surface area (Å²) >= 11 is 0. The molecule has 1 amide bonds. The standard InChI is InChI=1S/C16H19N3O3/c1-18(2)10-11-5-6-12-13(8-11)14(9-17)19(16(12)22)7-3-4-15(20)21/h5-6,8,14H,3-4,7,10H2,1-2H3,(H,20,21). The van der Waals surface area contributed by atoms with Gasteiger partial charge in [0.2, 0.25) is 0 Å². The van der Waals surface area contributed by atoms with E-state index in [1.165, 1.54) is 4.90 Å². The van der Waals surface area contributed by atoms with E-state index in [-0.39, 0.29) is 18.9 Å². The Bertz CT molecular complexity index is 634. The first-order chi connectivity index (χ1) is 10.4. The number of carboxylic acid groups (broad SMARTS) is 1. The minimum atomic E-state index is -0.897. The van der Waals surface area contributed by atoms with E-state index in [0.717, 1.165) is 17.7 Å². The smallest absolute Gasteiger partial charge is 0.303 e. The van der Waals surface area contributed by atoms with Crippen molar-refractivity contribution in [3.05, 3.63) is 34.9 Å². The summed E-state index contributed by atoms with van der Waals surface area (Å²) in [6.45, 7) is 1.01. The Kier molecular flexibility index (Phi) is 4.78. The van der Waals surface area contributed by atoms with E-state index in [2.05, 4.69) is 6.07 Å². The second-order valence-corrected chi connectivity index (χ2v) is 5.69. The van der Waals surface area contributed by atoms with Crippen LogP contribution in [0.15, 0.2) is 18.2 Å². The molecule has 6 heteroatoms. The molecule has 0 saturated carbocycles. The highest BCUT2D eigenvalue weighted by atomic mass is 16.4. The molecule has 0 fully saturated rings. The molecular formula is C16H19N3O3. The van der Waals surface area contributed by atoms with E-state index in [1.807, 2.05) is 31.1 Å². The Morgan fingerprint density at radius 3 is 2.77 bits per heavy atom. The molecule has 6 nitrogen and oxygen atoms in total. The first-order valence-electron chi connectivity index (χ1n) is 7.14. The number of hydrogen-bond donors (Lipinski definition) is 1. The molecule has 1 aromatic rings. The van der Waals surface area contributed by atoms with Crippen LogP contribution < -0.4 is 0 Å². The quantitative estimate of drug-likeness (QED) is 0.863. The van der Waals surface area contributed by atoms with Gasteiger partial charge in [-0.1, -0.05) is 12.1 Å². The third kappa shape index (κ3) is 3.26. The van der Waals surface area contributed by atoms with E-state index < -0.39 is 12.0 Å². The lowest BCUT2D eigenvalue weighted by Gasteiger charge is -2.19. The van der Waals surface area contributed by atoms with Gasteiger partial charge in [-0.2, -0.15) is 5.26 Å². The Hall–Kier alpha value is -2.39. The number of fused-ring (bicyclic) bond motifs is 1. The van der Waals surface area contributed by atoms with Crippen molar-refractivity contribution in [3.63, 3.8) is 0 Å². The number of hydrogen-bond acceptors (Lipinski definition) is 4. The summed E-state index contributed by atoms with van der Waals surface area (Å²) in [5.41, 5.74) is 2.32. The molecule has 22 heavy (non-hydrogen) atoms. The van der Waals surface area contributed by atoms with Crippen LogP contribution in [0.2, 0.25) is 0 Å². The molecule has 0 spiro atoms. The summed E-state index contributed by atoms with van der Waals surface area (Å²) < 4.78 is 0. The monoisotopic (exact) mass is 301 g/mol. The number of amides is 1. The Labute approximate surface area is 129 Å². The molecule has 0 aromatic heterocycles. The number of nitrogens with zero attached hydrogens (tertiary/aromatic N) is 3. The summed E-state index contributed by atoms with van der Waals surface area (Å²) in [5.74, 6) is -1.09. The van der Waals surface area contributed by atoms with Gasteiger partial charge >= 0.3 is 5.97 Å². The summed E-state index contributed by atoms with van der Waals surface area (Å²) in [5, 5.41) is 18.1. The molecule has 1 aliphatic heterocycles. The Balaban J connectivity index is 2.22. The van der Waals surface area contributed by atoms with Gasteiger partial charge in [-0.05, 0) is 32.1 Å². The van der Waals surface area contributed by atoms with Crippen molar-refractivity contribution in [2.45, 2.75) is 25.4 Å². The Morgan fingerprint density at radius 1 is 1.45 bits per heavy atom. The van der Waals surface area contributed by atoms with Crippen LogP contribution in [0.3, 0.4) is 0 Å². The molecule has 0 aliphatic carbocycles. The minimum Gasteiger partial charge on any atom is -0.481 e. The highest BCUT2D eigenvalue weighted by Crippen LogP contribution is 2.34. The number of aliphatic carboxylic acids is 1. The van der Waals surface area contributed by atoms with Crippen LogP contribution in [-0.4, -0.2) is 47.4 Å². The van der Waals surface area contributed by atoms with Crippen molar-refractivity contribution in [2.24, 2.45) is 0 Å². The maximum Gasteiger partial charge on any atom is 0.303 e. The maximum absolute atomic E-state index is 12.4. The summed E-state index contributed by atoms with van der Waals surface area (Å²) in [6.07, 6.45) is 0.335. The SMILES string of the molecule is CN(C)Cc1ccc2c(c1)C(C#N)N(CCCC(=O)O)C2=O. The molecule has 2 rings (SSSR count). The fourth-order valence-corrected chi connectivity index (χ4v) is 2.71. The second kappa shape index (κ2) is 6.58. The van der Waals surface area contributed by atoms with Gasteiger partial charge in [-0.25, -0.2) is 0 Å². The first kappa shape index (κ1) is 16.0. The summed E-state index contributed by atoms with van der Waals surface area (Å²) in [7, 11) is 3.91. The van der Waals surface area contributed by atoms with E-state index >= 15 is 0 Å². The second-order valence-electron chi connectivity index (χ2n) is 5.69. The van der Waals surface area contributed by atoms with Crippen LogP contribution in [0.25, 0.3) is 0 Å². The van der Waals surface area contributed by atoms with Gasteiger partial charge < -0.3 is 14.9 Å². The van der Waals surface area contributed by atoms with Crippen molar-refractivity contribution < 1.29 is 14.7 Å².